The van der Waals surface area contributed by atoms with Crippen LogP contribution in [-0.4, -0.2) is 11.0 Å². The lowest BCUT2D eigenvalue weighted by molar-refractivity contribution is 0.379. The molecule has 2 rings (SSSR count). The molecule has 90 valence electrons. The van der Waals surface area contributed by atoms with Crippen molar-refractivity contribution in [2.75, 3.05) is 0 Å². The Hall–Kier alpha value is -0.410. The molecule has 1 atom stereocenters. The maximum atomic E-state index is 4.58. The van der Waals surface area contributed by atoms with Gasteiger partial charge in [-0.05, 0) is 32.1 Å². The van der Waals surface area contributed by atoms with Gasteiger partial charge in [-0.1, -0.05) is 19.8 Å². The van der Waals surface area contributed by atoms with Crippen LogP contribution in [0.3, 0.4) is 0 Å². The zero-order valence-corrected chi connectivity index (χ0v) is 11.1. The van der Waals surface area contributed by atoms with E-state index in [1.807, 2.05) is 0 Å². The summed E-state index contributed by atoms with van der Waals surface area (Å²) in [6, 6.07) is 0.647. The van der Waals surface area contributed by atoms with Gasteiger partial charge < -0.3 is 5.32 Å². The van der Waals surface area contributed by atoms with Gasteiger partial charge in [0.05, 0.1) is 10.7 Å². The molecule has 1 fully saturated rings. The minimum absolute atomic E-state index is 0.647. The molecule has 16 heavy (non-hydrogen) atoms. The highest BCUT2D eigenvalue weighted by Gasteiger charge is 2.20. The minimum atomic E-state index is 0.647. The molecule has 1 aliphatic carbocycles. The fourth-order valence-electron chi connectivity index (χ4n) is 2.48. The molecule has 2 nitrogen and oxygen atoms in total. The zero-order valence-electron chi connectivity index (χ0n) is 10.3. The highest BCUT2D eigenvalue weighted by atomic mass is 32.1. The molecule has 1 N–H and O–H groups in total. The van der Waals surface area contributed by atoms with Crippen LogP contribution in [0.1, 0.15) is 50.2 Å². The largest absolute Gasteiger partial charge is 0.308 e. The van der Waals surface area contributed by atoms with Gasteiger partial charge in [-0.2, -0.15) is 0 Å². The molecule has 1 heterocycles. The fourth-order valence-corrected chi connectivity index (χ4v) is 3.23. The van der Waals surface area contributed by atoms with Crippen molar-refractivity contribution in [1.82, 2.24) is 10.3 Å². The van der Waals surface area contributed by atoms with Crippen LogP contribution in [0.2, 0.25) is 0 Å². The van der Waals surface area contributed by atoms with Crippen LogP contribution >= 0.6 is 11.3 Å². The summed E-state index contributed by atoms with van der Waals surface area (Å²) in [5, 5.41) is 7.07. The third-order valence-electron chi connectivity index (χ3n) is 3.61. The highest BCUT2D eigenvalue weighted by molar-refractivity contribution is 7.09. The molecule has 0 radical (unpaired) electrons. The molecule has 1 aromatic heterocycles. The van der Waals surface area contributed by atoms with E-state index in [2.05, 4.69) is 29.5 Å². The second kappa shape index (κ2) is 5.78. The maximum absolute atomic E-state index is 4.58. The topological polar surface area (TPSA) is 24.9 Å². The summed E-state index contributed by atoms with van der Waals surface area (Å²) in [7, 11) is 0. The molecule has 0 aliphatic heterocycles. The average Bonchev–Trinajstić information content (AvgIpc) is 2.96. The molecular formula is C13H22N2S. The van der Waals surface area contributed by atoms with E-state index < -0.39 is 0 Å². The van der Waals surface area contributed by atoms with E-state index in [0.29, 0.717) is 6.04 Å². The first-order valence-corrected chi connectivity index (χ1v) is 7.34. The van der Waals surface area contributed by atoms with Crippen LogP contribution in [0.25, 0.3) is 0 Å². The number of hydrogen-bond acceptors (Lipinski definition) is 3. The smallest absolute Gasteiger partial charge is 0.0926 e. The number of thiazole rings is 1. The minimum Gasteiger partial charge on any atom is -0.308 e. The Bertz CT molecular complexity index is 315. The molecule has 0 amide bonds. The van der Waals surface area contributed by atoms with Crippen LogP contribution < -0.4 is 5.32 Å². The van der Waals surface area contributed by atoms with Gasteiger partial charge in [0, 0.05) is 18.0 Å². The molecule has 0 aromatic carbocycles. The first kappa shape index (κ1) is 12.1. The molecule has 1 saturated carbocycles. The van der Waals surface area contributed by atoms with Crippen molar-refractivity contribution in [2.45, 2.75) is 58.5 Å². The van der Waals surface area contributed by atoms with Crippen LogP contribution in [-0.2, 0) is 13.0 Å². The summed E-state index contributed by atoms with van der Waals surface area (Å²) < 4.78 is 0. The summed E-state index contributed by atoms with van der Waals surface area (Å²) in [4.78, 5) is 4.58. The van der Waals surface area contributed by atoms with Crippen molar-refractivity contribution in [2.24, 2.45) is 5.92 Å². The SMILES string of the molecule is CCc1nc(CN[C@H](C)C2CCCC2)cs1. The molecule has 1 aliphatic rings. The van der Waals surface area contributed by atoms with E-state index in [4.69, 9.17) is 0 Å². The monoisotopic (exact) mass is 238 g/mol. The van der Waals surface area contributed by atoms with E-state index in [0.717, 1.165) is 18.9 Å². The number of aryl methyl sites for hydroxylation is 1. The van der Waals surface area contributed by atoms with Crippen molar-refractivity contribution in [3.63, 3.8) is 0 Å². The van der Waals surface area contributed by atoms with E-state index in [1.54, 1.807) is 11.3 Å². The number of hydrogen-bond donors (Lipinski definition) is 1. The van der Waals surface area contributed by atoms with Crippen molar-refractivity contribution in [3.8, 4) is 0 Å². The summed E-state index contributed by atoms with van der Waals surface area (Å²) in [6.07, 6.45) is 6.72. The lowest BCUT2D eigenvalue weighted by Crippen LogP contribution is -2.31. The van der Waals surface area contributed by atoms with E-state index in [-0.39, 0.29) is 0 Å². The third kappa shape index (κ3) is 3.05. The summed E-state index contributed by atoms with van der Waals surface area (Å²) in [5.74, 6) is 0.893. The second-order valence-electron chi connectivity index (χ2n) is 4.80. The van der Waals surface area contributed by atoms with Crippen molar-refractivity contribution in [3.05, 3.63) is 16.1 Å². The van der Waals surface area contributed by atoms with Crippen LogP contribution in [0.4, 0.5) is 0 Å². The Morgan fingerprint density at radius 1 is 1.50 bits per heavy atom. The van der Waals surface area contributed by atoms with Gasteiger partial charge in [0.15, 0.2) is 0 Å². The molecule has 1 aromatic rings. The molecule has 0 unspecified atom stereocenters. The van der Waals surface area contributed by atoms with Gasteiger partial charge in [0.2, 0.25) is 0 Å². The highest BCUT2D eigenvalue weighted by Crippen LogP contribution is 2.27. The molecule has 0 spiro atoms. The Labute approximate surface area is 102 Å². The van der Waals surface area contributed by atoms with Crippen molar-refractivity contribution >= 4 is 11.3 Å². The summed E-state index contributed by atoms with van der Waals surface area (Å²) in [5.41, 5.74) is 1.21. The van der Waals surface area contributed by atoms with Crippen molar-refractivity contribution < 1.29 is 0 Å². The quantitative estimate of drug-likeness (QED) is 0.850. The average molecular weight is 238 g/mol. The van der Waals surface area contributed by atoms with Gasteiger partial charge in [0.1, 0.15) is 0 Å². The predicted molar refractivity (Wildman–Crippen MR) is 69.8 cm³/mol. The fraction of sp³-hybridized carbons (Fsp3) is 0.769. The number of nitrogens with zero attached hydrogens (tertiary/aromatic N) is 1. The summed E-state index contributed by atoms with van der Waals surface area (Å²) >= 11 is 1.78. The van der Waals surface area contributed by atoms with Gasteiger partial charge in [0.25, 0.3) is 0 Å². The zero-order chi connectivity index (χ0) is 11.4. The van der Waals surface area contributed by atoms with Crippen LogP contribution in [0, 0.1) is 5.92 Å². The first-order valence-electron chi connectivity index (χ1n) is 6.46. The molecule has 3 heteroatoms. The Morgan fingerprint density at radius 3 is 2.88 bits per heavy atom. The number of rotatable bonds is 5. The molecule has 0 bridgehead atoms. The molecular weight excluding hydrogens is 216 g/mol. The lowest BCUT2D eigenvalue weighted by atomic mass is 10.00. The maximum Gasteiger partial charge on any atom is 0.0926 e. The lowest BCUT2D eigenvalue weighted by Gasteiger charge is -2.19. The van der Waals surface area contributed by atoms with Crippen molar-refractivity contribution in [1.29, 1.82) is 0 Å². The first-order chi connectivity index (χ1) is 7.79. The van der Waals surface area contributed by atoms with Crippen LogP contribution in [0.15, 0.2) is 5.38 Å². The van der Waals surface area contributed by atoms with Gasteiger partial charge >= 0.3 is 0 Å². The predicted octanol–water partition coefficient (Wildman–Crippen LogP) is 3.37. The van der Waals surface area contributed by atoms with Gasteiger partial charge in [-0.3, -0.25) is 0 Å². The van der Waals surface area contributed by atoms with E-state index in [9.17, 15) is 0 Å². The summed E-state index contributed by atoms with van der Waals surface area (Å²) in [6.45, 7) is 5.43. The third-order valence-corrected chi connectivity index (χ3v) is 4.66. The Kier molecular flexibility index (Phi) is 4.36. The van der Waals surface area contributed by atoms with Crippen LogP contribution in [0.5, 0.6) is 0 Å². The Morgan fingerprint density at radius 2 is 2.25 bits per heavy atom. The number of aromatic nitrogens is 1. The normalized spacial score (nSPS) is 19.1. The van der Waals surface area contributed by atoms with E-state index >= 15 is 0 Å². The van der Waals surface area contributed by atoms with E-state index in [1.165, 1.54) is 36.4 Å². The standard InChI is InChI=1S/C13H22N2S/c1-3-13-15-12(9-16-13)8-14-10(2)11-6-4-5-7-11/h9-11,14H,3-8H2,1-2H3/t10-/m1/s1. The number of nitrogens with one attached hydrogen (secondary N) is 1. The molecule has 0 saturated heterocycles. The second-order valence-corrected chi connectivity index (χ2v) is 5.74. The Balaban J connectivity index is 1.77. The van der Waals surface area contributed by atoms with Gasteiger partial charge in [-0.15, -0.1) is 11.3 Å². The van der Waals surface area contributed by atoms with Gasteiger partial charge in [-0.25, -0.2) is 4.98 Å².